The van der Waals surface area contributed by atoms with Crippen molar-refractivity contribution in [1.29, 1.82) is 0 Å². The summed E-state index contributed by atoms with van der Waals surface area (Å²) in [6, 6.07) is 7.17. The fraction of sp³-hybridized carbons (Fsp3) is 0.364. The molecule has 0 aromatic heterocycles. The van der Waals surface area contributed by atoms with Crippen molar-refractivity contribution in [1.82, 2.24) is 0 Å². The first kappa shape index (κ1) is 14.7. The van der Waals surface area contributed by atoms with E-state index in [1.54, 1.807) is 12.1 Å². The minimum atomic E-state index is -0.00639. The monoisotopic (exact) mass is 243 g/mol. The number of benzene rings is 1. The average molecular weight is 244 g/mol. The minimum absolute atomic E-state index is 0. The molecule has 1 rings (SSSR count). The molecule has 0 bridgehead atoms. The van der Waals surface area contributed by atoms with Crippen LogP contribution in [0.15, 0.2) is 24.3 Å². The Kier molecular flexibility index (Phi) is 5.27. The second-order valence-electron chi connectivity index (χ2n) is 4.62. The van der Waals surface area contributed by atoms with Gasteiger partial charge in [-0.1, -0.05) is 6.07 Å². The highest BCUT2D eigenvalue weighted by Gasteiger charge is 2.13. The van der Waals surface area contributed by atoms with Crippen LogP contribution in [0.1, 0.15) is 0 Å². The fourth-order valence-corrected chi connectivity index (χ4v) is 1.25. The quantitative estimate of drug-likeness (QED) is 0.473. The Morgan fingerprint density at radius 2 is 2.00 bits per heavy atom. The summed E-state index contributed by atoms with van der Waals surface area (Å²) < 4.78 is 0.605. The summed E-state index contributed by atoms with van der Waals surface area (Å²) in [6.45, 7) is 0.439. The number of carbonyl (C=O) groups excluding carboxylic acids is 1. The van der Waals surface area contributed by atoms with Crippen LogP contribution in [-0.4, -0.2) is 38.1 Å². The van der Waals surface area contributed by atoms with Gasteiger partial charge in [0.1, 0.15) is 0 Å². The Bertz CT molecular complexity index is 360. The molecule has 0 aliphatic rings. The van der Waals surface area contributed by atoms with Crippen molar-refractivity contribution in [2.24, 2.45) is 0 Å². The van der Waals surface area contributed by atoms with Crippen molar-refractivity contribution in [3.8, 4) is 0 Å². The Morgan fingerprint density at radius 3 is 2.50 bits per heavy atom. The van der Waals surface area contributed by atoms with Crippen molar-refractivity contribution in [2.45, 2.75) is 0 Å². The molecule has 1 aromatic carbocycles. The number of quaternary nitrogens is 1. The molecule has 1 aromatic rings. The molecule has 0 spiro atoms. The van der Waals surface area contributed by atoms with Crippen LogP contribution in [0.4, 0.5) is 11.4 Å². The molecule has 3 N–H and O–H groups in total. The second-order valence-corrected chi connectivity index (χ2v) is 4.62. The van der Waals surface area contributed by atoms with Crippen LogP contribution in [0.2, 0.25) is 0 Å². The van der Waals surface area contributed by atoms with Crippen LogP contribution in [0.5, 0.6) is 0 Å². The van der Waals surface area contributed by atoms with Crippen LogP contribution in [0.25, 0.3) is 0 Å². The summed E-state index contributed by atoms with van der Waals surface area (Å²) in [4.78, 5) is 11.6. The maximum atomic E-state index is 11.6. The number of likely N-dealkylation sites (N-methyl/N-ethyl adjacent to an activating group) is 1. The summed E-state index contributed by atoms with van der Waals surface area (Å²) >= 11 is 0. The molecule has 0 unspecified atom stereocenters. The van der Waals surface area contributed by atoms with Gasteiger partial charge in [0.15, 0.2) is 6.54 Å². The minimum Gasteiger partial charge on any atom is -1.00 e. The maximum absolute atomic E-state index is 11.6. The molecule has 0 heterocycles. The second kappa shape index (κ2) is 5.72. The van der Waals surface area contributed by atoms with Crippen molar-refractivity contribution in [3.63, 3.8) is 0 Å². The number of hydrogen-bond donors (Lipinski definition) is 2. The summed E-state index contributed by atoms with van der Waals surface area (Å²) in [5, 5.41) is 2.80. The smallest absolute Gasteiger partial charge is 0.279 e. The van der Waals surface area contributed by atoms with Crippen LogP contribution < -0.4 is 23.5 Å². The van der Waals surface area contributed by atoms with E-state index in [1.165, 1.54) is 0 Å². The molecule has 5 heteroatoms. The first-order valence-corrected chi connectivity index (χ1v) is 4.83. The van der Waals surface area contributed by atoms with Gasteiger partial charge >= 0.3 is 0 Å². The van der Waals surface area contributed by atoms with Gasteiger partial charge in [-0.3, -0.25) is 4.79 Å². The molecule has 0 atom stereocenters. The van der Waals surface area contributed by atoms with E-state index >= 15 is 0 Å². The van der Waals surface area contributed by atoms with E-state index in [1.807, 2.05) is 33.3 Å². The van der Waals surface area contributed by atoms with Gasteiger partial charge in [-0.15, -0.1) is 0 Å². The summed E-state index contributed by atoms with van der Waals surface area (Å²) in [7, 11) is 5.91. The predicted molar refractivity (Wildman–Crippen MR) is 62.4 cm³/mol. The highest BCUT2D eigenvalue weighted by molar-refractivity contribution is 5.92. The lowest BCUT2D eigenvalue weighted by atomic mass is 10.3. The molecule has 0 aliphatic carbocycles. The van der Waals surface area contributed by atoms with Gasteiger partial charge in [-0.2, -0.15) is 0 Å². The average Bonchev–Trinajstić information content (AvgIpc) is 1.99. The Hall–Kier alpha value is -1.26. The SMILES string of the molecule is C[N+](C)(C)CC(=O)Nc1cccc(N)c1.[Cl-]. The maximum Gasteiger partial charge on any atom is 0.279 e. The molecule has 90 valence electrons. The predicted octanol–water partition coefficient (Wildman–Crippen LogP) is -2.08. The zero-order chi connectivity index (χ0) is 11.5. The number of hydrogen-bond acceptors (Lipinski definition) is 2. The lowest BCUT2D eigenvalue weighted by molar-refractivity contribution is -0.861. The van der Waals surface area contributed by atoms with E-state index in [4.69, 9.17) is 5.73 Å². The van der Waals surface area contributed by atoms with Gasteiger partial charge in [-0.25, -0.2) is 0 Å². The Morgan fingerprint density at radius 1 is 1.38 bits per heavy atom. The first-order chi connectivity index (χ1) is 6.87. The van der Waals surface area contributed by atoms with E-state index in [-0.39, 0.29) is 18.3 Å². The third kappa shape index (κ3) is 5.58. The van der Waals surface area contributed by atoms with E-state index < -0.39 is 0 Å². The topological polar surface area (TPSA) is 55.1 Å². The fourth-order valence-electron chi connectivity index (χ4n) is 1.25. The lowest BCUT2D eigenvalue weighted by Gasteiger charge is -2.22. The number of nitrogens with zero attached hydrogens (tertiary/aromatic N) is 1. The normalized spacial score (nSPS) is 10.4. The van der Waals surface area contributed by atoms with E-state index in [0.717, 1.165) is 5.69 Å². The molecule has 0 saturated heterocycles. The molecule has 0 fully saturated rings. The van der Waals surface area contributed by atoms with E-state index in [2.05, 4.69) is 5.32 Å². The lowest BCUT2D eigenvalue weighted by Crippen LogP contribution is -3.00. The van der Waals surface area contributed by atoms with Gasteiger partial charge in [0.05, 0.1) is 21.1 Å². The van der Waals surface area contributed by atoms with Crippen LogP contribution in [0.3, 0.4) is 0 Å². The Labute approximate surface area is 102 Å². The highest BCUT2D eigenvalue weighted by Crippen LogP contribution is 2.11. The number of rotatable bonds is 3. The van der Waals surface area contributed by atoms with Crippen molar-refractivity contribution < 1.29 is 21.7 Å². The van der Waals surface area contributed by atoms with E-state index in [9.17, 15) is 4.79 Å². The number of halogens is 1. The summed E-state index contributed by atoms with van der Waals surface area (Å²) in [6.07, 6.45) is 0. The van der Waals surface area contributed by atoms with Crippen LogP contribution in [-0.2, 0) is 4.79 Å². The van der Waals surface area contributed by atoms with Gasteiger partial charge in [0.25, 0.3) is 5.91 Å². The molecule has 0 saturated carbocycles. The van der Waals surface area contributed by atoms with Crippen molar-refractivity contribution in [3.05, 3.63) is 24.3 Å². The molecular weight excluding hydrogens is 226 g/mol. The van der Waals surface area contributed by atoms with Gasteiger partial charge < -0.3 is 27.9 Å². The number of amides is 1. The number of carbonyl (C=O) groups is 1. The zero-order valence-electron chi connectivity index (χ0n) is 9.83. The zero-order valence-corrected chi connectivity index (χ0v) is 10.6. The van der Waals surface area contributed by atoms with Crippen LogP contribution in [0, 0.1) is 0 Å². The summed E-state index contributed by atoms with van der Waals surface area (Å²) in [5.74, 6) is -0.00639. The molecular formula is C11H18ClN3O. The van der Waals surface area contributed by atoms with Gasteiger partial charge in [0, 0.05) is 11.4 Å². The number of nitrogens with one attached hydrogen (secondary N) is 1. The molecule has 1 amide bonds. The third-order valence-electron chi connectivity index (χ3n) is 1.79. The van der Waals surface area contributed by atoms with Crippen molar-refractivity contribution >= 4 is 17.3 Å². The molecule has 0 radical (unpaired) electrons. The largest absolute Gasteiger partial charge is 1.00 e. The molecule has 16 heavy (non-hydrogen) atoms. The van der Waals surface area contributed by atoms with Crippen molar-refractivity contribution in [2.75, 3.05) is 38.7 Å². The first-order valence-electron chi connectivity index (χ1n) is 4.83. The highest BCUT2D eigenvalue weighted by atomic mass is 35.5. The third-order valence-corrected chi connectivity index (χ3v) is 1.79. The number of nitrogen functional groups attached to an aromatic ring is 1. The Balaban J connectivity index is 0.00000225. The standard InChI is InChI=1S/C11H17N3O.ClH/c1-14(2,3)8-11(15)13-10-6-4-5-9(12)7-10;/h4-7H,8,12H2,1-3H3;1H. The number of anilines is 2. The van der Waals surface area contributed by atoms with Crippen LogP contribution >= 0.6 is 0 Å². The van der Waals surface area contributed by atoms with Gasteiger partial charge in [0.2, 0.25) is 0 Å². The summed E-state index contributed by atoms with van der Waals surface area (Å²) in [5.41, 5.74) is 7.00. The molecule has 0 aliphatic heterocycles. The molecule has 4 nitrogen and oxygen atoms in total. The van der Waals surface area contributed by atoms with E-state index in [0.29, 0.717) is 16.7 Å². The number of nitrogens with two attached hydrogens (primary N) is 1. The van der Waals surface area contributed by atoms with Gasteiger partial charge in [-0.05, 0) is 18.2 Å².